The maximum Gasteiger partial charge on any atom is 0.410 e. The monoisotopic (exact) mass is 397 g/mol. The van der Waals surface area contributed by atoms with Crippen LogP contribution in [0.2, 0.25) is 0 Å². The molecule has 0 unspecified atom stereocenters. The minimum Gasteiger partial charge on any atom is -0.444 e. The number of hydrogen-bond acceptors (Lipinski definition) is 4. The third kappa shape index (κ3) is 4.62. The number of halogens is 1. The lowest BCUT2D eigenvalue weighted by molar-refractivity contribution is 0.0226. The van der Waals surface area contributed by atoms with Crippen LogP contribution in [0.1, 0.15) is 52.3 Å². The number of nitrogens with one attached hydrogen (secondary N) is 1. The number of aromatic nitrogens is 1. The molecule has 1 aromatic heterocycles. The molecule has 134 valence electrons. The molecular weight excluding hydrogens is 370 g/mol. The van der Waals surface area contributed by atoms with E-state index in [1.807, 2.05) is 34.6 Å². The van der Waals surface area contributed by atoms with E-state index in [9.17, 15) is 4.79 Å². The number of anilines is 1. The van der Waals surface area contributed by atoms with Crippen molar-refractivity contribution in [1.29, 1.82) is 0 Å². The lowest BCUT2D eigenvalue weighted by Crippen LogP contribution is -2.51. The number of nitrogens with zero attached hydrogens (tertiary/aromatic N) is 2. The lowest BCUT2D eigenvalue weighted by Gasteiger charge is -2.40. The molecule has 0 aliphatic carbocycles. The summed E-state index contributed by atoms with van der Waals surface area (Å²) in [6.45, 7) is 13.0. The first-order valence-corrected chi connectivity index (χ1v) is 9.24. The summed E-state index contributed by atoms with van der Waals surface area (Å²) in [6, 6.07) is 2.13. The average Bonchev–Trinajstić information content (AvgIpc) is 2.45. The molecule has 2 rings (SSSR count). The number of fused-ring (bicyclic) bond motifs is 1. The standard InChI is InChI=1S/C18H28BrN3O2/c1-7-22(16(23)24-17(3,4)5)11-18(6)9-8-13-10-14(19)12(2)20-15(13)21-18/h10H,7-9,11H2,1-6H3,(H,20,21)/t18-/m1/s1. The highest BCUT2D eigenvalue weighted by Gasteiger charge is 2.34. The highest BCUT2D eigenvalue weighted by Crippen LogP contribution is 2.32. The van der Waals surface area contributed by atoms with Gasteiger partial charge < -0.3 is 15.0 Å². The van der Waals surface area contributed by atoms with E-state index in [0.29, 0.717) is 13.1 Å². The Balaban J connectivity index is 2.13. The molecular formula is C18H28BrN3O2. The Hall–Kier alpha value is -1.30. The van der Waals surface area contributed by atoms with Gasteiger partial charge in [0.05, 0.1) is 11.2 Å². The van der Waals surface area contributed by atoms with E-state index in [1.54, 1.807) is 4.90 Å². The molecule has 1 aromatic rings. The van der Waals surface area contributed by atoms with E-state index in [0.717, 1.165) is 28.8 Å². The summed E-state index contributed by atoms with van der Waals surface area (Å²) in [4.78, 5) is 18.8. The number of hydrogen-bond donors (Lipinski definition) is 1. The average molecular weight is 398 g/mol. The van der Waals surface area contributed by atoms with Crippen molar-refractivity contribution >= 4 is 27.8 Å². The van der Waals surface area contributed by atoms with Crippen molar-refractivity contribution in [2.75, 3.05) is 18.4 Å². The maximum absolute atomic E-state index is 12.4. The van der Waals surface area contributed by atoms with E-state index < -0.39 is 5.60 Å². The fraction of sp³-hybridized carbons (Fsp3) is 0.667. The summed E-state index contributed by atoms with van der Waals surface area (Å²) in [5, 5.41) is 3.54. The van der Waals surface area contributed by atoms with Gasteiger partial charge in [-0.25, -0.2) is 9.78 Å². The van der Waals surface area contributed by atoms with Crippen LogP contribution in [0.4, 0.5) is 10.6 Å². The number of aryl methyl sites for hydroxylation is 2. The molecule has 0 radical (unpaired) electrons. The number of carbonyl (C=O) groups is 1. The van der Waals surface area contributed by atoms with Crippen LogP contribution in [-0.4, -0.2) is 40.2 Å². The number of rotatable bonds is 3. The molecule has 0 fully saturated rings. The van der Waals surface area contributed by atoms with Gasteiger partial charge in [0, 0.05) is 17.6 Å². The summed E-state index contributed by atoms with van der Waals surface area (Å²) >= 11 is 3.54. The molecule has 1 aliphatic rings. The predicted octanol–water partition coefficient (Wildman–Crippen LogP) is 4.53. The number of amides is 1. The van der Waals surface area contributed by atoms with Gasteiger partial charge in [0.25, 0.3) is 0 Å². The van der Waals surface area contributed by atoms with E-state index in [1.165, 1.54) is 5.56 Å². The van der Waals surface area contributed by atoms with Gasteiger partial charge in [-0.3, -0.25) is 0 Å². The molecule has 0 spiro atoms. The van der Waals surface area contributed by atoms with Gasteiger partial charge in [-0.1, -0.05) is 0 Å². The van der Waals surface area contributed by atoms with Crippen LogP contribution < -0.4 is 5.32 Å². The van der Waals surface area contributed by atoms with Crippen molar-refractivity contribution in [1.82, 2.24) is 9.88 Å². The second-order valence-corrected chi connectivity index (χ2v) is 8.60. The van der Waals surface area contributed by atoms with Crippen LogP contribution in [0.25, 0.3) is 0 Å². The number of likely N-dealkylation sites (N-methyl/N-ethyl adjacent to an activating group) is 1. The van der Waals surface area contributed by atoms with Gasteiger partial charge in [-0.15, -0.1) is 0 Å². The molecule has 0 aromatic carbocycles. The normalized spacial score (nSPS) is 20.1. The first-order valence-electron chi connectivity index (χ1n) is 8.45. The maximum atomic E-state index is 12.4. The molecule has 0 saturated heterocycles. The zero-order valence-electron chi connectivity index (χ0n) is 15.5. The smallest absolute Gasteiger partial charge is 0.410 e. The highest BCUT2D eigenvalue weighted by atomic mass is 79.9. The minimum absolute atomic E-state index is 0.215. The van der Waals surface area contributed by atoms with Crippen molar-refractivity contribution in [3.05, 3.63) is 21.8 Å². The Kier molecular flexibility index (Phi) is 5.47. The Morgan fingerprint density at radius 3 is 2.75 bits per heavy atom. The Morgan fingerprint density at radius 1 is 1.50 bits per heavy atom. The molecule has 1 atom stereocenters. The zero-order chi connectivity index (χ0) is 18.1. The molecule has 5 nitrogen and oxygen atoms in total. The SMILES string of the molecule is CCN(C[C@@]1(C)CCc2cc(Br)c(C)nc2N1)C(=O)OC(C)(C)C. The van der Waals surface area contributed by atoms with Crippen molar-refractivity contribution in [3.8, 4) is 0 Å². The second-order valence-electron chi connectivity index (χ2n) is 7.74. The first-order chi connectivity index (χ1) is 11.0. The van der Waals surface area contributed by atoms with Gasteiger partial charge >= 0.3 is 6.09 Å². The number of pyridine rings is 1. The number of ether oxygens (including phenoxy) is 1. The Bertz CT molecular complexity index is 627. The Morgan fingerprint density at radius 2 is 2.17 bits per heavy atom. The highest BCUT2D eigenvalue weighted by molar-refractivity contribution is 9.10. The van der Waals surface area contributed by atoms with Crippen molar-refractivity contribution in [2.45, 2.75) is 65.5 Å². The van der Waals surface area contributed by atoms with Crippen molar-refractivity contribution < 1.29 is 9.53 Å². The molecule has 0 saturated carbocycles. The van der Waals surface area contributed by atoms with Crippen LogP contribution in [0.3, 0.4) is 0 Å². The molecule has 0 bridgehead atoms. The summed E-state index contributed by atoms with van der Waals surface area (Å²) in [7, 11) is 0. The summed E-state index contributed by atoms with van der Waals surface area (Å²) < 4.78 is 6.56. The first kappa shape index (κ1) is 19.0. The van der Waals surface area contributed by atoms with E-state index in [4.69, 9.17) is 4.74 Å². The fourth-order valence-electron chi connectivity index (χ4n) is 2.85. The van der Waals surface area contributed by atoms with Gasteiger partial charge in [0.2, 0.25) is 0 Å². The molecule has 1 amide bonds. The van der Waals surface area contributed by atoms with Gasteiger partial charge in [0.15, 0.2) is 0 Å². The molecule has 2 heterocycles. The molecule has 24 heavy (non-hydrogen) atoms. The largest absolute Gasteiger partial charge is 0.444 e. The molecule has 6 heteroatoms. The third-order valence-electron chi connectivity index (χ3n) is 4.17. The third-order valence-corrected chi connectivity index (χ3v) is 4.97. The van der Waals surface area contributed by atoms with Crippen LogP contribution in [0.15, 0.2) is 10.5 Å². The Labute approximate surface area is 153 Å². The van der Waals surface area contributed by atoms with Crippen molar-refractivity contribution in [2.24, 2.45) is 0 Å². The summed E-state index contributed by atoms with van der Waals surface area (Å²) in [5.74, 6) is 0.921. The zero-order valence-corrected chi connectivity index (χ0v) is 17.1. The van der Waals surface area contributed by atoms with Gasteiger partial charge in [-0.2, -0.15) is 0 Å². The van der Waals surface area contributed by atoms with Crippen molar-refractivity contribution in [3.63, 3.8) is 0 Å². The van der Waals surface area contributed by atoms with Gasteiger partial charge in [0.1, 0.15) is 11.4 Å². The van der Waals surface area contributed by atoms with E-state index in [2.05, 4.69) is 39.2 Å². The van der Waals surface area contributed by atoms with Crippen LogP contribution in [0, 0.1) is 6.92 Å². The van der Waals surface area contributed by atoms with Crippen LogP contribution in [0.5, 0.6) is 0 Å². The predicted molar refractivity (Wildman–Crippen MR) is 101 cm³/mol. The lowest BCUT2D eigenvalue weighted by atomic mass is 9.88. The van der Waals surface area contributed by atoms with E-state index >= 15 is 0 Å². The summed E-state index contributed by atoms with van der Waals surface area (Å²) in [5.41, 5.74) is 1.48. The van der Waals surface area contributed by atoms with Crippen LogP contribution in [-0.2, 0) is 11.2 Å². The van der Waals surface area contributed by atoms with Crippen LogP contribution >= 0.6 is 15.9 Å². The fourth-order valence-corrected chi connectivity index (χ4v) is 3.21. The summed E-state index contributed by atoms with van der Waals surface area (Å²) in [6.07, 6.45) is 1.62. The molecule has 1 aliphatic heterocycles. The number of carbonyl (C=O) groups excluding carboxylic acids is 1. The van der Waals surface area contributed by atoms with Gasteiger partial charge in [-0.05, 0) is 81.9 Å². The molecule has 1 N–H and O–H groups in total. The second kappa shape index (κ2) is 6.90. The topological polar surface area (TPSA) is 54.5 Å². The van der Waals surface area contributed by atoms with E-state index in [-0.39, 0.29) is 11.6 Å². The minimum atomic E-state index is -0.483. The quantitative estimate of drug-likeness (QED) is 0.813.